The Hall–Kier alpha value is -4.06. The second kappa shape index (κ2) is 10.7. The summed E-state index contributed by atoms with van der Waals surface area (Å²) in [4.78, 5) is 26.2. The van der Waals surface area contributed by atoms with Crippen LogP contribution >= 0.6 is 7.82 Å². The number of nitrogens with one attached hydrogen (secondary N) is 1. The number of nitriles is 1. The van der Waals surface area contributed by atoms with Gasteiger partial charge in [0.05, 0.1) is 18.2 Å². The number of carbonyl (C=O) groups excluding carboxylic acids is 1. The van der Waals surface area contributed by atoms with Crippen molar-refractivity contribution < 1.29 is 23.3 Å². The van der Waals surface area contributed by atoms with Crippen molar-refractivity contribution in [1.29, 1.82) is 5.26 Å². The number of benzene rings is 2. The second-order valence-corrected chi connectivity index (χ2v) is 9.17. The average Bonchev–Trinajstić information content (AvgIpc) is 3.25. The van der Waals surface area contributed by atoms with Gasteiger partial charge in [0.25, 0.3) is 0 Å². The van der Waals surface area contributed by atoms with Crippen molar-refractivity contribution in [3.63, 3.8) is 0 Å². The molecule has 0 fully saturated rings. The summed E-state index contributed by atoms with van der Waals surface area (Å²) in [6, 6.07) is 18.5. The predicted molar refractivity (Wildman–Crippen MR) is 137 cm³/mol. The molecule has 0 aliphatic heterocycles. The van der Waals surface area contributed by atoms with Gasteiger partial charge in [-0.05, 0) is 54.5 Å². The first-order valence-corrected chi connectivity index (χ1v) is 12.5. The van der Waals surface area contributed by atoms with Gasteiger partial charge in [-0.2, -0.15) is 5.26 Å². The summed E-state index contributed by atoms with van der Waals surface area (Å²) >= 11 is 0. The van der Waals surface area contributed by atoms with Crippen LogP contribution in [0.15, 0.2) is 79.6 Å². The zero-order chi connectivity index (χ0) is 25.7. The number of anilines is 1. The standard InChI is InChI=1S/C26H23N4O5P/c1-3-25(31)29-22-10-6-8-19(12-22)21-13-23-24(20-9-5-7-18(11-20)14-27)16-30(26(23)28-15-21)17-35-36(32,33)34-4-2/h3,5-13,15-16H,1,4,17H2,2H3,(H,29,31)(H,32,33). The maximum absolute atomic E-state index is 12.1. The summed E-state index contributed by atoms with van der Waals surface area (Å²) in [6.45, 7) is 4.83. The fraction of sp³-hybridized carbons (Fsp3) is 0.115. The predicted octanol–water partition coefficient (Wildman–Crippen LogP) is 5.48. The van der Waals surface area contributed by atoms with E-state index in [2.05, 4.69) is 22.9 Å². The van der Waals surface area contributed by atoms with E-state index in [0.717, 1.165) is 27.6 Å². The first-order valence-electron chi connectivity index (χ1n) is 11.0. The van der Waals surface area contributed by atoms with Gasteiger partial charge in [0.1, 0.15) is 12.4 Å². The molecule has 0 bridgehead atoms. The van der Waals surface area contributed by atoms with Gasteiger partial charge in [0.2, 0.25) is 5.91 Å². The van der Waals surface area contributed by atoms with Crippen LogP contribution in [-0.2, 0) is 25.1 Å². The highest BCUT2D eigenvalue weighted by atomic mass is 31.2. The summed E-state index contributed by atoms with van der Waals surface area (Å²) in [5, 5.41) is 12.8. The minimum Gasteiger partial charge on any atom is -0.323 e. The number of nitrogens with zero attached hydrogens (tertiary/aromatic N) is 3. The van der Waals surface area contributed by atoms with Crippen LogP contribution in [0.4, 0.5) is 5.69 Å². The second-order valence-electron chi connectivity index (χ2n) is 7.72. The SMILES string of the molecule is C=CC(=O)Nc1cccc(-c2cnc3c(c2)c(-c2cccc(C#N)c2)cn3COP(=O)(O)OCC)c1. The van der Waals surface area contributed by atoms with Crippen LogP contribution in [0.5, 0.6) is 0 Å². The molecule has 0 radical (unpaired) electrons. The first-order chi connectivity index (χ1) is 17.3. The third-order valence-electron chi connectivity index (χ3n) is 5.32. The molecule has 1 amide bonds. The number of phosphoric ester groups is 1. The zero-order valence-corrected chi connectivity index (χ0v) is 20.3. The number of fused-ring (bicyclic) bond motifs is 1. The topological polar surface area (TPSA) is 126 Å². The molecule has 1 unspecified atom stereocenters. The van der Waals surface area contributed by atoms with Gasteiger partial charge in [-0.25, -0.2) is 9.55 Å². The van der Waals surface area contributed by atoms with Crippen molar-refractivity contribution in [3.05, 3.63) is 85.2 Å². The number of carbonyl (C=O) groups is 1. The Morgan fingerprint density at radius 2 is 1.97 bits per heavy atom. The van der Waals surface area contributed by atoms with Gasteiger partial charge >= 0.3 is 7.82 Å². The van der Waals surface area contributed by atoms with Crippen molar-refractivity contribution in [2.75, 3.05) is 11.9 Å². The molecular weight excluding hydrogens is 479 g/mol. The number of amides is 1. The monoisotopic (exact) mass is 502 g/mol. The molecule has 4 aromatic rings. The van der Waals surface area contributed by atoms with Crippen molar-refractivity contribution in [3.8, 4) is 28.3 Å². The lowest BCUT2D eigenvalue weighted by molar-refractivity contribution is -0.111. The van der Waals surface area contributed by atoms with Crippen LogP contribution in [-0.4, -0.2) is 27.0 Å². The Bertz CT molecular complexity index is 1540. The minimum absolute atomic E-state index is 0.0281. The highest BCUT2D eigenvalue weighted by molar-refractivity contribution is 7.47. The normalized spacial score (nSPS) is 12.6. The molecule has 2 heterocycles. The van der Waals surface area contributed by atoms with Gasteiger partial charge in [0, 0.05) is 34.6 Å². The molecule has 10 heteroatoms. The average molecular weight is 502 g/mol. The summed E-state index contributed by atoms with van der Waals surface area (Å²) < 4.78 is 23.6. The third kappa shape index (κ3) is 5.60. The van der Waals surface area contributed by atoms with E-state index in [-0.39, 0.29) is 19.2 Å². The minimum atomic E-state index is -4.22. The lowest BCUT2D eigenvalue weighted by atomic mass is 10.0. The van der Waals surface area contributed by atoms with E-state index >= 15 is 0 Å². The summed E-state index contributed by atoms with van der Waals surface area (Å²) in [5.74, 6) is -0.314. The van der Waals surface area contributed by atoms with E-state index in [1.165, 1.54) is 6.08 Å². The van der Waals surface area contributed by atoms with Crippen molar-refractivity contribution in [1.82, 2.24) is 9.55 Å². The number of pyridine rings is 1. The Balaban J connectivity index is 1.81. The van der Waals surface area contributed by atoms with E-state index in [4.69, 9.17) is 9.05 Å². The third-order valence-corrected chi connectivity index (χ3v) is 6.34. The molecule has 182 valence electrons. The smallest absolute Gasteiger partial charge is 0.323 e. The van der Waals surface area contributed by atoms with Crippen LogP contribution in [0.1, 0.15) is 12.5 Å². The number of hydrogen-bond donors (Lipinski definition) is 2. The quantitative estimate of drug-likeness (QED) is 0.229. The number of phosphoric acid groups is 1. The van der Waals surface area contributed by atoms with Crippen LogP contribution in [0, 0.1) is 11.3 Å². The molecule has 1 atom stereocenters. The number of aromatic nitrogens is 2. The van der Waals surface area contributed by atoms with Crippen molar-refractivity contribution >= 4 is 30.5 Å². The molecule has 0 spiro atoms. The van der Waals surface area contributed by atoms with E-state index in [9.17, 15) is 19.5 Å². The van der Waals surface area contributed by atoms with Gasteiger partial charge in [-0.1, -0.05) is 30.8 Å². The largest absolute Gasteiger partial charge is 0.473 e. The lowest BCUT2D eigenvalue weighted by Crippen LogP contribution is -2.07. The molecule has 36 heavy (non-hydrogen) atoms. The van der Waals surface area contributed by atoms with Gasteiger partial charge in [-0.15, -0.1) is 0 Å². The van der Waals surface area contributed by atoms with E-state index in [1.807, 2.05) is 30.3 Å². The summed E-state index contributed by atoms with van der Waals surface area (Å²) in [5.41, 5.74) is 4.78. The molecule has 2 aromatic heterocycles. The van der Waals surface area contributed by atoms with Crippen LogP contribution in [0.25, 0.3) is 33.3 Å². The lowest BCUT2D eigenvalue weighted by Gasteiger charge is -2.12. The molecule has 4 rings (SSSR count). The molecule has 0 aliphatic rings. The molecular formula is C26H23N4O5P. The Morgan fingerprint density at radius 1 is 1.19 bits per heavy atom. The van der Waals surface area contributed by atoms with E-state index < -0.39 is 7.82 Å². The van der Waals surface area contributed by atoms with E-state index in [0.29, 0.717) is 16.9 Å². The number of rotatable bonds is 9. The highest BCUT2D eigenvalue weighted by Crippen LogP contribution is 2.44. The Kier molecular flexibility index (Phi) is 7.44. The van der Waals surface area contributed by atoms with Crippen molar-refractivity contribution in [2.45, 2.75) is 13.7 Å². The molecule has 0 saturated carbocycles. The maximum Gasteiger partial charge on any atom is 0.473 e. The van der Waals surface area contributed by atoms with Crippen LogP contribution in [0.2, 0.25) is 0 Å². The summed E-state index contributed by atoms with van der Waals surface area (Å²) in [7, 11) is -4.22. The maximum atomic E-state index is 12.1. The zero-order valence-electron chi connectivity index (χ0n) is 19.4. The summed E-state index contributed by atoms with van der Waals surface area (Å²) in [6.07, 6.45) is 4.62. The fourth-order valence-corrected chi connectivity index (χ4v) is 4.39. The van der Waals surface area contributed by atoms with Crippen LogP contribution in [0.3, 0.4) is 0 Å². The van der Waals surface area contributed by atoms with E-state index in [1.54, 1.807) is 48.1 Å². The van der Waals surface area contributed by atoms with Crippen molar-refractivity contribution in [2.24, 2.45) is 0 Å². The number of hydrogen-bond acceptors (Lipinski definition) is 6. The van der Waals surface area contributed by atoms with Gasteiger partial charge < -0.3 is 14.8 Å². The Labute approximate surface area is 207 Å². The molecule has 0 saturated heterocycles. The first kappa shape index (κ1) is 25.0. The van der Waals surface area contributed by atoms with Gasteiger partial charge in [-0.3, -0.25) is 13.8 Å². The molecule has 9 nitrogen and oxygen atoms in total. The highest BCUT2D eigenvalue weighted by Gasteiger charge is 2.21. The fourth-order valence-electron chi connectivity index (χ4n) is 3.72. The van der Waals surface area contributed by atoms with Gasteiger partial charge in [0.15, 0.2) is 0 Å². The molecule has 0 aliphatic carbocycles. The van der Waals surface area contributed by atoms with Crippen LogP contribution < -0.4 is 5.32 Å². The molecule has 2 aromatic carbocycles. The molecule has 2 N–H and O–H groups in total. The Morgan fingerprint density at radius 3 is 2.72 bits per heavy atom.